The highest BCUT2D eigenvalue weighted by molar-refractivity contribution is 6.35. The van der Waals surface area contributed by atoms with Gasteiger partial charge in [-0.05, 0) is 33.3 Å². The lowest BCUT2D eigenvalue weighted by Crippen LogP contribution is -2.41. The third kappa shape index (κ3) is 4.97. The van der Waals surface area contributed by atoms with Crippen molar-refractivity contribution in [2.45, 2.75) is 38.8 Å². The van der Waals surface area contributed by atoms with Crippen LogP contribution in [0, 0.1) is 0 Å². The minimum Gasteiger partial charge on any atom is -0.444 e. The molecule has 0 saturated carbocycles. The molecule has 1 fully saturated rings. The molecule has 1 unspecified atom stereocenters. The quantitative estimate of drug-likeness (QED) is 0.823. The summed E-state index contributed by atoms with van der Waals surface area (Å²) in [6.45, 7) is 6.31. The number of ether oxygens (including phenoxy) is 1. The summed E-state index contributed by atoms with van der Waals surface area (Å²) in [7, 11) is 0. The molecule has 1 aliphatic rings. The number of aromatic nitrogens is 1. The number of nitrogens with one attached hydrogen (secondary N) is 1. The number of amides is 2. The van der Waals surface area contributed by atoms with Gasteiger partial charge in [0, 0.05) is 19.3 Å². The van der Waals surface area contributed by atoms with Gasteiger partial charge in [-0.15, -0.1) is 0 Å². The van der Waals surface area contributed by atoms with Crippen LogP contribution < -0.4 is 5.32 Å². The second-order valence-electron chi connectivity index (χ2n) is 6.37. The van der Waals surface area contributed by atoms with E-state index < -0.39 is 11.7 Å². The third-order valence-corrected chi connectivity index (χ3v) is 3.76. The Kier molecular flexibility index (Phi) is 5.37. The van der Waals surface area contributed by atoms with Gasteiger partial charge in [0.15, 0.2) is 0 Å². The maximum Gasteiger partial charge on any atom is 0.407 e. The molecule has 0 aliphatic carbocycles. The zero-order valence-electron chi connectivity index (χ0n) is 13.2. The highest BCUT2D eigenvalue weighted by Crippen LogP contribution is 2.22. The zero-order chi connectivity index (χ0) is 17.2. The predicted octanol–water partition coefficient (Wildman–Crippen LogP) is 3.13. The predicted molar refractivity (Wildman–Crippen MR) is 87.9 cm³/mol. The van der Waals surface area contributed by atoms with Crippen LogP contribution in [0.3, 0.4) is 0 Å². The molecule has 0 radical (unpaired) electrons. The Morgan fingerprint density at radius 3 is 2.74 bits per heavy atom. The highest BCUT2D eigenvalue weighted by Gasteiger charge is 2.30. The number of carbonyl (C=O) groups excluding carboxylic acids is 2. The smallest absolute Gasteiger partial charge is 0.407 e. The average Bonchev–Trinajstić information content (AvgIpc) is 2.87. The third-order valence-electron chi connectivity index (χ3n) is 3.25. The molecule has 1 saturated heterocycles. The van der Waals surface area contributed by atoms with Crippen molar-refractivity contribution in [3.05, 3.63) is 28.0 Å². The molecule has 2 amide bonds. The van der Waals surface area contributed by atoms with E-state index in [4.69, 9.17) is 27.9 Å². The number of alkyl carbamates (subject to hydrolysis) is 1. The molecule has 1 N–H and O–H groups in total. The van der Waals surface area contributed by atoms with E-state index in [2.05, 4.69) is 10.3 Å². The van der Waals surface area contributed by atoms with Gasteiger partial charge in [0.25, 0.3) is 5.91 Å². The van der Waals surface area contributed by atoms with Crippen molar-refractivity contribution in [3.8, 4) is 0 Å². The van der Waals surface area contributed by atoms with Gasteiger partial charge in [-0.25, -0.2) is 9.78 Å². The second-order valence-corrected chi connectivity index (χ2v) is 7.16. The lowest BCUT2D eigenvalue weighted by Gasteiger charge is -2.22. The Labute approximate surface area is 145 Å². The van der Waals surface area contributed by atoms with Crippen LogP contribution in [-0.4, -0.2) is 46.6 Å². The first-order valence-corrected chi connectivity index (χ1v) is 8.01. The molecule has 6 nitrogen and oxygen atoms in total. The molecule has 1 atom stereocenters. The van der Waals surface area contributed by atoms with Crippen molar-refractivity contribution >= 4 is 35.2 Å². The van der Waals surface area contributed by atoms with Gasteiger partial charge in [0.05, 0.1) is 16.6 Å². The average molecular weight is 360 g/mol. The fourth-order valence-electron chi connectivity index (χ4n) is 2.28. The maximum absolute atomic E-state index is 12.5. The number of nitrogens with zero attached hydrogens (tertiary/aromatic N) is 2. The summed E-state index contributed by atoms with van der Waals surface area (Å²) in [5.41, 5.74) is -0.246. The van der Waals surface area contributed by atoms with Gasteiger partial charge < -0.3 is 15.0 Å². The number of hydrogen-bond acceptors (Lipinski definition) is 4. The van der Waals surface area contributed by atoms with Crippen LogP contribution in [0.15, 0.2) is 12.3 Å². The van der Waals surface area contributed by atoms with Gasteiger partial charge >= 0.3 is 6.09 Å². The summed E-state index contributed by atoms with van der Waals surface area (Å²) < 4.78 is 5.21. The Morgan fingerprint density at radius 1 is 1.39 bits per heavy atom. The molecule has 1 aromatic rings. The molecule has 1 aliphatic heterocycles. The number of rotatable bonds is 2. The van der Waals surface area contributed by atoms with Crippen LogP contribution in [0.4, 0.5) is 4.79 Å². The SMILES string of the molecule is CC(C)(C)OC(=O)NC1CCN(C(=O)c2cc(Cl)ncc2Cl)C1. The summed E-state index contributed by atoms with van der Waals surface area (Å²) >= 11 is 11.8. The Balaban J connectivity index is 1.96. The van der Waals surface area contributed by atoms with E-state index in [-0.39, 0.29) is 22.1 Å². The number of hydrogen-bond donors (Lipinski definition) is 1. The van der Waals surface area contributed by atoms with E-state index in [9.17, 15) is 9.59 Å². The topological polar surface area (TPSA) is 71.5 Å². The summed E-state index contributed by atoms with van der Waals surface area (Å²) in [5.74, 6) is -0.229. The number of carbonyl (C=O) groups is 2. The van der Waals surface area contributed by atoms with Crippen LogP contribution in [0.25, 0.3) is 0 Å². The molecule has 1 aromatic heterocycles. The first kappa shape index (κ1) is 17.8. The lowest BCUT2D eigenvalue weighted by atomic mass is 10.2. The van der Waals surface area contributed by atoms with E-state index in [1.165, 1.54) is 12.3 Å². The summed E-state index contributed by atoms with van der Waals surface area (Å²) in [6.07, 6.45) is 1.52. The van der Waals surface area contributed by atoms with E-state index >= 15 is 0 Å². The van der Waals surface area contributed by atoms with Crippen LogP contribution in [0.2, 0.25) is 10.2 Å². The number of likely N-dealkylation sites (tertiary alicyclic amines) is 1. The fraction of sp³-hybridized carbons (Fsp3) is 0.533. The van der Waals surface area contributed by atoms with Crippen LogP contribution in [0.1, 0.15) is 37.6 Å². The standard InChI is InChI=1S/C15H19Cl2N3O3/c1-15(2,3)23-14(22)19-9-4-5-20(8-9)13(21)10-6-12(17)18-7-11(10)16/h6-7,9H,4-5,8H2,1-3H3,(H,19,22). The van der Waals surface area contributed by atoms with Crippen molar-refractivity contribution in [3.63, 3.8) is 0 Å². The van der Waals surface area contributed by atoms with Gasteiger partial charge in [0.2, 0.25) is 0 Å². The van der Waals surface area contributed by atoms with E-state index in [1.807, 2.05) is 0 Å². The molecule has 0 aromatic carbocycles. The first-order chi connectivity index (χ1) is 10.7. The minimum atomic E-state index is -0.556. The van der Waals surface area contributed by atoms with Crippen molar-refractivity contribution in [2.24, 2.45) is 0 Å². The largest absolute Gasteiger partial charge is 0.444 e. The van der Waals surface area contributed by atoms with Gasteiger partial charge in [-0.3, -0.25) is 4.79 Å². The molecule has 2 heterocycles. The Morgan fingerprint density at radius 2 is 2.09 bits per heavy atom. The minimum absolute atomic E-state index is 0.148. The molecule has 0 bridgehead atoms. The Bertz CT molecular complexity index is 616. The van der Waals surface area contributed by atoms with Crippen molar-refractivity contribution in [2.75, 3.05) is 13.1 Å². The molecule has 23 heavy (non-hydrogen) atoms. The Hall–Kier alpha value is -1.53. The lowest BCUT2D eigenvalue weighted by molar-refractivity contribution is 0.0502. The molecular formula is C15H19Cl2N3O3. The molecule has 126 valence electrons. The maximum atomic E-state index is 12.5. The van der Waals surface area contributed by atoms with Crippen LogP contribution in [0.5, 0.6) is 0 Å². The van der Waals surface area contributed by atoms with Gasteiger partial charge in [0.1, 0.15) is 10.8 Å². The molecule has 8 heteroatoms. The molecule has 2 rings (SSSR count). The van der Waals surface area contributed by atoms with Gasteiger partial charge in [-0.2, -0.15) is 0 Å². The van der Waals surface area contributed by atoms with Crippen molar-refractivity contribution in [1.82, 2.24) is 15.2 Å². The molecular weight excluding hydrogens is 341 g/mol. The second kappa shape index (κ2) is 6.93. The van der Waals surface area contributed by atoms with E-state index in [0.717, 1.165) is 0 Å². The summed E-state index contributed by atoms with van der Waals surface area (Å²) in [4.78, 5) is 29.7. The van der Waals surface area contributed by atoms with Gasteiger partial charge in [-0.1, -0.05) is 23.2 Å². The van der Waals surface area contributed by atoms with Crippen LogP contribution in [-0.2, 0) is 4.74 Å². The first-order valence-electron chi connectivity index (χ1n) is 7.25. The normalized spacial score (nSPS) is 18.0. The number of pyridine rings is 1. The van der Waals surface area contributed by atoms with Crippen LogP contribution >= 0.6 is 23.2 Å². The number of halogens is 2. The van der Waals surface area contributed by atoms with E-state index in [1.54, 1.807) is 25.7 Å². The zero-order valence-corrected chi connectivity index (χ0v) is 14.7. The van der Waals surface area contributed by atoms with Crippen molar-refractivity contribution in [1.29, 1.82) is 0 Å². The summed E-state index contributed by atoms with van der Waals surface area (Å²) in [6, 6.07) is 1.30. The fourth-order valence-corrected chi connectivity index (χ4v) is 2.63. The monoisotopic (exact) mass is 359 g/mol. The van der Waals surface area contributed by atoms with E-state index in [0.29, 0.717) is 25.1 Å². The molecule has 0 spiro atoms. The summed E-state index contributed by atoms with van der Waals surface area (Å²) in [5, 5.41) is 3.23. The highest BCUT2D eigenvalue weighted by atomic mass is 35.5. The van der Waals surface area contributed by atoms with Crippen molar-refractivity contribution < 1.29 is 14.3 Å².